The van der Waals surface area contributed by atoms with Crippen molar-refractivity contribution >= 4 is 33.8 Å². The molecule has 8 heteroatoms. The smallest absolute Gasteiger partial charge is 0.342 e. The molecule has 114 valence electrons. The average Bonchev–Trinajstić information content (AvgIpc) is 2.37. The molecule has 0 spiro atoms. The molecule has 0 heterocycles. The number of carbonyl (C=O) groups is 3. The van der Waals surface area contributed by atoms with E-state index in [0.717, 1.165) is 0 Å². The Kier molecular flexibility index (Phi) is 5.71. The molecule has 4 N–H and O–H groups in total. The zero-order chi connectivity index (χ0) is 16.2. The molecule has 1 unspecified atom stereocenters. The number of urea groups is 1. The highest BCUT2D eigenvalue weighted by molar-refractivity contribution is 9.10. The summed E-state index contributed by atoms with van der Waals surface area (Å²) in [7, 11) is 0. The summed E-state index contributed by atoms with van der Waals surface area (Å²) in [5.41, 5.74) is 4.76. The standard InChI is InChI=1S/C13H15BrN2O5/c1-6(2)10(11(18)16-13(15)20)21-12(19)8-5-7(14)3-4-9(8)17/h3-6,10,17H,1-2H3,(H3,15,16,18,20). The fourth-order valence-corrected chi connectivity index (χ4v) is 1.90. The maximum absolute atomic E-state index is 12.0. The minimum Gasteiger partial charge on any atom is -0.507 e. The van der Waals surface area contributed by atoms with Gasteiger partial charge in [-0.2, -0.15) is 0 Å². The van der Waals surface area contributed by atoms with Crippen LogP contribution in [0, 0.1) is 5.92 Å². The van der Waals surface area contributed by atoms with Gasteiger partial charge in [0.25, 0.3) is 5.91 Å². The van der Waals surface area contributed by atoms with Crippen LogP contribution in [0.2, 0.25) is 0 Å². The predicted octanol–water partition coefficient (Wildman–Crippen LogP) is 1.53. The van der Waals surface area contributed by atoms with E-state index in [1.165, 1.54) is 12.1 Å². The summed E-state index contributed by atoms with van der Waals surface area (Å²) in [6.45, 7) is 3.28. The third-order valence-electron chi connectivity index (χ3n) is 2.52. The Hall–Kier alpha value is -2.09. The Morgan fingerprint density at radius 2 is 1.95 bits per heavy atom. The van der Waals surface area contributed by atoms with E-state index < -0.39 is 24.0 Å². The van der Waals surface area contributed by atoms with Crippen molar-refractivity contribution in [2.75, 3.05) is 0 Å². The molecule has 21 heavy (non-hydrogen) atoms. The van der Waals surface area contributed by atoms with E-state index in [9.17, 15) is 19.5 Å². The molecular weight excluding hydrogens is 344 g/mol. The van der Waals surface area contributed by atoms with Gasteiger partial charge in [-0.3, -0.25) is 10.1 Å². The average molecular weight is 359 g/mol. The van der Waals surface area contributed by atoms with Gasteiger partial charge in [-0.25, -0.2) is 9.59 Å². The number of phenols is 1. The van der Waals surface area contributed by atoms with E-state index in [0.29, 0.717) is 4.47 Å². The molecule has 1 rings (SSSR count). The lowest BCUT2D eigenvalue weighted by molar-refractivity contribution is -0.130. The lowest BCUT2D eigenvalue weighted by Gasteiger charge is -2.20. The Morgan fingerprint density at radius 1 is 1.33 bits per heavy atom. The van der Waals surface area contributed by atoms with Gasteiger partial charge in [0, 0.05) is 4.47 Å². The number of carbonyl (C=O) groups excluding carboxylic acids is 3. The first-order valence-corrected chi connectivity index (χ1v) is 6.81. The number of halogens is 1. The molecule has 0 aromatic heterocycles. The fraction of sp³-hybridized carbons (Fsp3) is 0.308. The molecule has 3 amide bonds. The minimum atomic E-state index is -1.21. The second-order valence-electron chi connectivity index (χ2n) is 4.58. The van der Waals surface area contributed by atoms with Crippen molar-refractivity contribution in [3.63, 3.8) is 0 Å². The van der Waals surface area contributed by atoms with Crippen LogP contribution in [0.25, 0.3) is 0 Å². The second-order valence-corrected chi connectivity index (χ2v) is 5.50. The fourth-order valence-electron chi connectivity index (χ4n) is 1.54. The van der Waals surface area contributed by atoms with Crippen LogP contribution in [0.1, 0.15) is 24.2 Å². The zero-order valence-electron chi connectivity index (χ0n) is 11.4. The lowest BCUT2D eigenvalue weighted by atomic mass is 10.1. The number of aromatic hydroxyl groups is 1. The van der Waals surface area contributed by atoms with E-state index in [1.54, 1.807) is 19.9 Å². The summed E-state index contributed by atoms with van der Waals surface area (Å²) in [5, 5.41) is 11.5. The summed E-state index contributed by atoms with van der Waals surface area (Å²) in [6, 6.07) is 3.19. The van der Waals surface area contributed by atoms with Crippen molar-refractivity contribution in [2.45, 2.75) is 20.0 Å². The van der Waals surface area contributed by atoms with Crippen LogP contribution >= 0.6 is 15.9 Å². The van der Waals surface area contributed by atoms with Gasteiger partial charge in [0.05, 0.1) is 0 Å². The van der Waals surface area contributed by atoms with Crippen molar-refractivity contribution in [2.24, 2.45) is 11.7 Å². The number of hydrogen-bond acceptors (Lipinski definition) is 5. The molecular formula is C13H15BrN2O5. The first-order valence-electron chi connectivity index (χ1n) is 6.02. The van der Waals surface area contributed by atoms with Crippen molar-refractivity contribution in [3.05, 3.63) is 28.2 Å². The van der Waals surface area contributed by atoms with Crippen molar-refractivity contribution in [3.8, 4) is 5.75 Å². The van der Waals surface area contributed by atoms with E-state index in [4.69, 9.17) is 10.5 Å². The molecule has 0 fully saturated rings. The SMILES string of the molecule is CC(C)C(OC(=O)c1cc(Br)ccc1O)C(=O)NC(N)=O. The summed E-state index contributed by atoms with van der Waals surface area (Å²) < 4.78 is 5.62. The van der Waals surface area contributed by atoms with Crippen LogP contribution < -0.4 is 11.1 Å². The van der Waals surface area contributed by atoms with Gasteiger partial charge in [0.2, 0.25) is 0 Å². The van der Waals surface area contributed by atoms with Gasteiger partial charge in [-0.05, 0) is 24.1 Å². The highest BCUT2D eigenvalue weighted by Gasteiger charge is 2.28. The molecule has 7 nitrogen and oxygen atoms in total. The lowest BCUT2D eigenvalue weighted by Crippen LogP contribution is -2.45. The number of hydrogen-bond donors (Lipinski definition) is 3. The molecule has 1 aromatic carbocycles. The van der Waals surface area contributed by atoms with E-state index in [-0.39, 0.29) is 17.2 Å². The van der Waals surface area contributed by atoms with Gasteiger partial charge in [0.1, 0.15) is 11.3 Å². The Labute approximate surface area is 129 Å². The van der Waals surface area contributed by atoms with Gasteiger partial charge in [-0.1, -0.05) is 29.8 Å². The number of nitrogens with one attached hydrogen (secondary N) is 1. The zero-order valence-corrected chi connectivity index (χ0v) is 13.0. The summed E-state index contributed by atoms with van der Waals surface area (Å²) >= 11 is 3.16. The van der Waals surface area contributed by atoms with Gasteiger partial charge in [-0.15, -0.1) is 0 Å². The van der Waals surface area contributed by atoms with Gasteiger partial charge in [0.15, 0.2) is 6.10 Å². The minimum absolute atomic E-state index is 0.0955. The third kappa shape index (κ3) is 4.75. The van der Waals surface area contributed by atoms with E-state index in [1.807, 2.05) is 5.32 Å². The highest BCUT2D eigenvalue weighted by Crippen LogP contribution is 2.23. The topological polar surface area (TPSA) is 119 Å². The van der Waals surface area contributed by atoms with Crippen LogP contribution in [0.4, 0.5) is 4.79 Å². The second kappa shape index (κ2) is 7.07. The number of imide groups is 1. The monoisotopic (exact) mass is 358 g/mol. The number of phenolic OH excluding ortho intramolecular Hbond substituents is 1. The first-order chi connectivity index (χ1) is 9.72. The third-order valence-corrected chi connectivity index (χ3v) is 3.02. The Morgan fingerprint density at radius 3 is 2.48 bits per heavy atom. The van der Waals surface area contributed by atoms with Crippen LogP contribution in [0.5, 0.6) is 5.75 Å². The number of benzene rings is 1. The normalized spacial score (nSPS) is 11.8. The van der Waals surface area contributed by atoms with Gasteiger partial charge >= 0.3 is 12.0 Å². The largest absolute Gasteiger partial charge is 0.507 e. The van der Waals surface area contributed by atoms with Crippen LogP contribution in [-0.4, -0.2) is 29.1 Å². The van der Waals surface area contributed by atoms with Crippen LogP contribution in [-0.2, 0) is 9.53 Å². The quantitative estimate of drug-likeness (QED) is 0.705. The van der Waals surface area contributed by atoms with E-state index in [2.05, 4.69) is 15.9 Å². The maximum Gasteiger partial charge on any atom is 0.342 e. The number of esters is 1. The Balaban J connectivity index is 2.93. The first kappa shape index (κ1) is 17.0. The molecule has 1 atom stereocenters. The molecule has 0 aliphatic heterocycles. The molecule has 0 radical (unpaired) electrons. The van der Waals surface area contributed by atoms with Crippen molar-refractivity contribution < 1.29 is 24.2 Å². The number of nitrogens with two attached hydrogens (primary N) is 1. The molecule has 1 aromatic rings. The number of rotatable bonds is 4. The summed E-state index contributed by atoms with van der Waals surface area (Å²) in [6.07, 6.45) is -1.21. The van der Waals surface area contributed by atoms with E-state index >= 15 is 0 Å². The van der Waals surface area contributed by atoms with Crippen LogP contribution in [0.3, 0.4) is 0 Å². The number of primary amides is 1. The predicted molar refractivity (Wildman–Crippen MR) is 77.6 cm³/mol. The van der Waals surface area contributed by atoms with Crippen LogP contribution in [0.15, 0.2) is 22.7 Å². The summed E-state index contributed by atoms with van der Waals surface area (Å²) in [4.78, 5) is 34.5. The Bertz CT molecular complexity index is 574. The number of ether oxygens (including phenoxy) is 1. The molecule has 0 saturated carbocycles. The summed E-state index contributed by atoms with van der Waals surface area (Å²) in [5.74, 6) is -2.36. The molecule has 0 aliphatic carbocycles. The molecule has 0 bridgehead atoms. The van der Waals surface area contributed by atoms with Gasteiger partial charge < -0.3 is 15.6 Å². The molecule has 0 aliphatic rings. The van der Waals surface area contributed by atoms with Crippen molar-refractivity contribution in [1.82, 2.24) is 5.32 Å². The maximum atomic E-state index is 12.0. The molecule has 0 saturated heterocycles. The van der Waals surface area contributed by atoms with Crippen molar-refractivity contribution in [1.29, 1.82) is 0 Å². The highest BCUT2D eigenvalue weighted by atomic mass is 79.9. The number of amides is 3.